The fourth-order valence-corrected chi connectivity index (χ4v) is 6.19. The van der Waals surface area contributed by atoms with E-state index in [1.807, 2.05) is 35.2 Å². The molecule has 1 N–H and O–H groups in total. The minimum Gasteiger partial charge on any atom is -0.497 e. The molecule has 2 fully saturated rings. The summed E-state index contributed by atoms with van der Waals surface area (Å²) in [6.45, 7) is 3.54. The van der Waals surface area contributed by atoms with Gasteiger partial charge in [-0.2, -0.15) is 0 Å². The molecule has 3 amide bonds. The Kier molecular flexibility index (Phi) is 6.00. The highest BCUT2D eigenvalue weighted by Crippen LogP contribution is 2.36. The van der Waals surface area contributed by atoms with Crippen molar-refractivity contribution in [2.45, 2.75) is 23.8 Å². The molecule has 1 atom stereocenters. The molecule has 0 saturated carbocycles. The molecule has 0 radical (unpaired) electrons. The largest absolute Gasteiger partial charge is 0.497 e. The molecule has 9 nitrogen and oxygen atoms in total. The monoisotopic (exact) mass is 508 g/mol. The molecule has 0 bridgehead atoms. The zero-order valence-electron chi connectivity index (χ0n) is 20.1. The molecule has 188 valence electrons. The maximum absolute atomic E-state index is 12.7. The van der Waals surface area contributed by atoms with Gasteiger partial charge in [0.25, 0.3) is 0 Å². The molecule has 6 rings (SSSR count). The normalized spacial score (nSPS) is 22.0. The number of cyclic esters (lactones) is 1. The molecule has 2 aromatic rings. The van der Waals surface area contributed by atoms with Crippen LogP contribution in [0.4, 0.5) is 21.9 Å². The van der Waals surface area contributed by atoms with E-state index in [1.54, 1.807) is 12.0 Å². The van der Waals surface area contributed by atoms with Gasteiger partial charge in [0.1, 0.15) is 11.9 Å². The van der Waals surface area contributed by atoms with Crippen LogP contribution >= 0.6 is 11.8 Å². The number of benzene rings is 2. The number of fused-ring (bicyclic) bond motifs is 2. The third-order valence-electron chi connectivity index (χ3n) is 7.21. The van der Waals surface area contributed by atoms with E-state index in [4.69, 9.17) is 9.47 Å². The van der Waals surface area contributed by atoms with Gasteiger partial charge in [0.15, 0.2) is 0 Å². The molecule has 0 aromatic heterocycles. The summed E-state index contributed by atoms with van der Waals surface area (Å²) in [5, 5.41) is 2.87. The highest BCUT2D eigenvalue weighted by molar-refractivity contribution is 8.00. The smallest absolute Gasteiger partial charge is 0.414 e. The Morgan fingerprint density at radius 1 is 1.06 bits per heavy atom. The van der Waals surface area contributed by atoms with Crippen molar-refractivity contribution in [3.05, 3.63) is 42.0 Å². The average Bonchev–Trinajstić information content (AvgIpc) is 3.23. The summed E-state index contributed by atoms with van der Waals surface area (Å²) >= 11 is 1.49. The number of ether oxygens (including phenoxy) is 2. The number of anilines is 3. The molecular formula is C26H28N4O5S. The van der Waals surface area contributed by atoms with Gasteiger partial charge in [-0.3, -0.25) is 19.4 Å². The van der Waals surface area contributed by atoms with Crippen LogP contribution in [0, 0.1) is 5.92 Å². The van der Waals surface area contributed by atoms with Crippen molar-refractivity contribution in [2.24, 2.45) is 5.92 Å². The highest BCUT2D eigenvalue weighted by atomic mass is 32.2. The number of thioether (sulfide) groups is 1. The fourth-order valence-electron chi connectivity index (χ4n) is 5.40. The Balaban J connectivity index is 1.04. The van der Waals surface area contributed by atoms with Gasteiger partial charge in [-0.1, -0.05) is 6.07 Å². The fraction of sp³-hybridized carbons (Fsp3) is 0.423. The predicted molar refractivity (Wildman–Crippen MR) is 137 cm³/mol. The molecule has 0 aliphatic carbocycles. The first-order chi connectivity index (χ1) is 17.5. The number of hydrogen-bond donors (Lipinski definition) is 1. The lowest BCUT2D eigenvalue weighted by atomic mass is 9.95. The molecule has 36 heavy (non-hydrogen) atoms. The van der Waals surface area contributed by atoms with E-state index in [2.05, 4.69) is 16.3 Å². The molecule has 0 spiro atoms. The second-order valence-electron chi connectivity index (χ2n) is 9.72. The van der Waals surface area contributed by atoms with Crippen molar-refractivity contribution in [3.8, 4) is 5.75 Å². The SMILES string of the molecule is COc1ccc2c(c1)N(CC1CN(C[C@@H]3CN(c4ccc5c(c4)NC(=O)CS5)C(=O)O3)C1)C(=O)CC2. The Bertz CT molecular complexity index is 1230. The summed E-state index contributed by atoms with van der Waals surface area (Å²) in [5.74, 6) is 1.67. The minimum absolute atomic E-state index is 0.0345. The van der Waals surface area contributed by atoms with Crippen LogP contribution < -0.4 is 19.9 Å². The predicted octanol–water partition coefficient (Wildman–Crippen LogP) is 2.98. The average molecular weight is 509 g/mol. The van der Waals surface area contributed by atoms with Crippen LogP contribution in [0.1, 0.15) is 12.0 Å². The van der Waals surface area contributed by atoms with Crippen LogP contribution in [0.5, 0.6) is 5.75 Å². The Hall–Kier alpha value is -3.24. The molecule has 2 saturated heterocycles. The lowest BCUT2D eigenvalue weighted by Crippen LogP contribution is -2.55. The molecular weight excluding hydrogens is 480 g/mol. The van der Waals surface area contributed by atoms with Gasteiger partial charge in [0.2, 0.25) is 11.8 Å². The number of hydrogen-bond acceptors (Lipinski definition) is 7. The van der Waals surface area contributed by atoms with Gasteiger partial charge >= 0.3 is 6.09 Å². The first-order valence-corrected chi connectivity index (χ1v) is 13.2. The molecule has 4 heterocycles. The molecule has 4 aliphatic rings. The van der Waals surface area contributed by atoms with Crippen LogP contribution in [0.15, 0.2) is 41.3 Å². The van der Waals surface area contributed by atoms with E-state index in [0.717, 1.165) is 47.2 Å². The van der Waals surface area contributed by atoms with E-state index in [-0.39, 0.29) is 24.0 Å². The third-order valence-corrected chi connectivity index (χ3v) is 8.28. The van der Waals surface area contributed by atoms with Gasteiger partial charge in [0.05, 0.1) is 30.8 Å². The van der Waals surface area contributed by atoms with Crippen molar-refractivity contribution >= 4 is 46.7 Å². The lowest BCUT2D eigenvalue weighted by molar-refractivity contribution is -0.119. The summed E-state index contributed by atoms with van der Waals surface area (Å²) in [6, 6.07) is 11.6. The number of rotatable bonds is 6. The maximum Gasteiger partial charge on any atom is 0.414 e. The van der Waals surface area contributed by atoms with Crippen molar-refractivity contribution in [3.63, 3.8) is 0 Å². The van der Waals surface area contributed by atoms with Crippen LogP contribution in [0.2, 0.25) is 0 Å². The summed E-state index contributed by atoms with van der Waals surface area (Å²) in [5.41, 5.74) is 3.61. The Morgan fingerprint density at radius 3 is 2.75 bits per heavy atom. The van der Waals surface area contributed by atoms with E-state index in [0.29, 0.717) is 37.7 Å². The zero-order chi connectivity index (χ0) is 24.8. The quantitative estimate of drug-likeness (QED) is 0.642. The van der Waals surface area contributed by atoms with E-state index in [9.17, 15) is 14.4 Å². The van der Waals surface area contributed by atoms with Crippen molar-refractivity contribution in [2.75, 3.05) is 60.7 Å². The molecule has 0 unspecified atom stereocenters. The summed E-state index contributed by atoms with van der Waals surface area (Å²) in [4.78, 5) is 43.8. The van der Waals surface area contributed by atoms with Crippen molar-refractivity contribution in [1.29, 1.82) is 0 Å². The standard InChI is InChI=1S/C26H28N4O5S/c1-34-19-5-2-17-3-7-25(32)30(22(17)9-19)12-16-10-28(11-16)13-20-14-29(26(33)35-20)18-4-6-23-21(8-18)27-24(31)15-36-23/h2,4-6,8-9,16,20H,3,7,10-15H2,1H3,(H,27,31)/t20-/m1/s1. The minimum atomic E-state index is -0.365. The number of methoxy groups -OCH3 is 1. The second kappa shape index (κ2) is 9.33. The first-order valence-electron chi connectivity index (χ1n) is 12.2. The van der Waals surface area contributed by atoms with Crippen LogP contribution in [0.3, 0.4) is 0 Å². The molecule has 10 heteroatoms. The summed E-state index contributed by atoms with van der Waals surface area (Å²) < 4.78 is 11.0. The van der Waals surface area contributed by atoms with Gasteiger partial charge in [-0.05, 0) is 36.2 Å². The van der Waals surface area contributed by atoms with Gasteiger partial charge in [-0.25, -0.2) is 4.79 Å². The van der Waals surface area contributed by atoms with Crippen molar-refractivity contribution < 1.29 is 23.9 Å². The Labute approximate surface area is 213 Å². The van der Waals surface area contributed by atoms with Crippen LogP contribution in [-0.4, -0.2) is 74.5 Å². The molecule has 4 aliphatic heterocycles. The number of carbonyl (C=O) groups excluding carboxylic acids is 3. The lowest BCUT2D eigenvalue weighted by Gasteiger charge is -2.43. The summed E-state index contributed by atoms with van der Waals surface area (Å²) in [6.07, 6.45) is 0.718. The van der Waals surface area contributed by atoms with Crippen molar-refractivity contribution in [1.82, 2.24) is 4.90 Å². The second-order valence-corrected chi connectivity index (χ2v) is 10.7. The number of nitrogens with zero attached hydrogens (tertiary/aromatic N) is 3. The van der Waals surface area contributed by atoms with Crippen LogP contribution in [-0.2, 0) is 20.7 Å². The highest BCUT2D eigenvalue weighted by Gasteiger charge is 2.38. The number of amides is 3. The number of likely N-dealkylation sites (tertiary alicyclic amines) is 1. The number of aryl methyl sites for hydroxylation is 1. The van der Waals surface area contributed by atoms with E-state index >= 15 is 0 Å². The Morgan fingerprint density at radius 2 is 1.92 bits per heavy atom. The van der Waals surface area contributed by atoms with Gasteiger partial charge in [0, 0.05) is 55.2 Å². The first kappa shape index (κ1) is 23.2. The summed E-state index contributed by atoms with van der Waals surface area (Å²) in [7, 11) is 1.64. The number of carbonyl (C=O) groups is 3. The molecule has 2 aromatic carbocycles. The third kappa shape index (κ3) is 4.39. The van der Waals surface area contributed by atoms with Gasteiger partial charge in [-0.15, -0.1) is 11.8 Å². The van der Waals surface area contributed by atoms with E-state index in [1.165, 1.54) is 17.3 Å². The maximum atomic E-state index is 12.7. The van der Waals surface area contributed by atoms with E-state index < -0.39 is 0 Å². The van der Waals surface area contributed by atoms with Crippen LogP contribution in [0.25, 0.3) is 0 Å². The zero-order valence-corrected chi connectivity index (χ0v) is 20.9. The topological polar surface area (TPSA) is 91.4 Å². The number of nitrogens with one attached hydrogen (secondary N) is 1. The van der Waals surface area contributed by atoms with Gasteiger partial charge < -0.3 is 19.7 Å².